The van der Waals surface area contributed by atoms with Crippen LogP contribution in [0.2, 0.25) is 5.02 Å². The van der Waals surface area contributed by atoms with E-state index in [9.17, 15) is 0 Å². The molecule has 0 spiro atoms. The van der Waals surface area contributed by atoms with E-state index in [0.717, 1.165) is 28.7 Å². The van der Waals surface area contributed by atoms with Crippen molar-refractivity contribution in [2.75, 3.05) is 12.3 Å². The van der Waals surface area contributed by atoms with Gasteiger partial charge in [-0.3, -0.25) is 4.90 Å². The average Bonchev–Trinajstić information content (AvgIpc) is 3.05. The fraction of sp³-hybridized carbons (Fsp3) is 0.571. The molecule has 0 aromatic heterocycles. The second-order valence-electron chi connectivity index (χ2n) is 5.27. The molecule has 0 atom stereocenters. The summed E-state index contributed by atoms with van der Waals surface area (Å²) in [5, 5.41) is 0.784. The molecule has 3 heteroatoms. The number of rotatable bonds is 5. The van der Waals surface area contributed by atoms with Crippen LogP contribution in [0, 0.1) is 5.92 Å². The van der Waals surface area contributed by atoms with Crippen LogP contribution >= 0.6 is 11.6 Å². The molecule has 1 fully saturated rings. The van der Waals surface area contributed by atoms with Gasteiger partial charge in [-0.05, 0) is 44.7 Å². The molecule has 2 nitrogen and oxygen atoms in total. The molecule has 17 heavy (non-hydrogen) atoms. The molecule has 0 aliphatic heterocycles. The van der Waals surface area contributed by atoms with Crippen LogP contribution in [-0.2, 0) is 6.54 Å². The summed E-state index contributed by atoms with van der Waals surface area (Å²) in [4.78, 5) is 2.47. The normalized spacial score (nSPS) is 15.8. The van der Waals surface area contributed by atoms with E-state index in [1.54, 1.807) is 0 Å². The molecular weight excluding hydrogens is 232 g/mol. The molecule has 1 aliphatic carbocycles. The van der Waals surface area contributed by atoms with E-state index in [-0.39, 0.29) is 0 Å². The first-order valence-electron chi connectivity index (χ1n) is 6.35. The third kappa shape index (κ3) is 3.36. The Bertz CT molecular complexity index is 366. The smallest absolute Gasteiger partial charge is 0.0471 e. The lowest BCUT2D eigenvalue weighted by Crippen LogP contribution is -2.32. The number of benzene rings is 1. The van der Waals surface area contributed by atoms with Gasteiger partial charge in [-0.2, -0.15) is 0 Å². The van der Waals surface area contributed by atoms with Crippen molar-refractivity contribution in [1.29, 1.82) is 0 Å². The van der Waals surface area contributed by atoms with Crippen LogP contribution in [0.4, 0.5) is 5.69 Å². The SMILES string of the molecule is CC(C)N(Cc1c(N)cccc1Cl)CC1CC1. The van der Waals surface area contributed by atoms with Crippen molar-refractivity contribution in [2.45, 2.75) is 39.3 Å². The Kier molecular flexibility index (Phi) is 3.95. The molecule has 0 heterocycles. The van der Waals surface area contributed by atoms with E-state index < -0.39 is 0 Å². The third-order valence-electron chi connectivity index (χ3n) is 3.44. The Balaban J connectivity index is 2.10. The third-order valence-corrected chi connectivity index (χ3v) is 3.79. The number of hydrogen-bond donors (Lipinski definition) is 1. The molecular formula is C14H21ClN2. The minimum Gasteiger partial charge on any atom is -0.398 e. The second kappa shape index (κ2) is 5.28. The molecule has 1 saturated carbocycles. The fourth-order valence-corrected chi connectivity index (χ4v) is 2.28. The number of anilines is 1. The maximum absolute atomic E-state index is 6.22. The zero-order chi connectivity index (χ0) is 12.4. The van der Waals surface area contributed by atoms with Gasteiger partial charge in [0, 0.05) is 35.4 Å². The van der Waals surface area contributed by atoms with E-state index in [4.69, 9.17) is 17.3 Å². The highest BCUT2D eigenvalue weighted by Crippen LogP contribution is 2.32. The summed E-state index contributed by atoms with van der Waals surface area (Å²) in [5.74, 6) is 0.890. The van der Waals surface area contributed by atoms with Crippen molar-refractivity contribution >= 4 is 17.3 Å². The number of halogens is 1. The number of nitrogen functional groups attached to an aromatic ring is 1. The maximum atomic E-state index is 6.22. The van der Waals surface area contributed by atoms with Crippen molar-refractivity contribution in [2.24, 2.45) is 5.92 Å². The summed E-state index contributed by atoms with van der Waals surface area (Å²) in [6.07, 6.45) is 2.75. The molecule has 2 rings (SSSR count). The molecule has 0 radical (unpaired) electrons. The summed E-state index contributed by atoms with van der Waals surface area (Å²) < 4.78 is 0. The first kappa shape index (κ1) is 12.7. The Morgan fingerprint density at radius 2 is 2.12 bits per heavy atom. The summed E-state index contributed by atoms with van der Waals surface area (Å²) in [6, 6.07) is 6.29. The Hall–Kier alpha value is -0.730. The molecule has 94 valence electrons. The van der Waals surface area contributed by atoms with E-state index in [1.807, 2.05) is 18.2 Å². The van der Waals surface area contributed by atoms with Gasteiger partial charge in [-0.25, -0.2) is 0 Å². The lowest BCUT2D eigenvalue weighted by molar-refractivity contribution is 0.204. The summed E-state index contributed by atoms with van der Waals surface area (Å²) >= 11 is 6.22. The van der Waals surface area contributed by atoms with Gasteiger partial charge >= 0.3 is 0 Å². The first-order valence-corrected chi connectivity index (χ1v) is 6.72. The highest BCUT2D eigenvalue weighted by Gasteiger charge is 2.26. The van der Waals surface area contributed by atoms with Gasteiger partial charge in [0.1, 0.15) is 0 Å². The topological polar surface area (TPSA) is 29.3 Å². The van der Waals surface area contributed by atoms with Gasteiger partial charge in [0.05, 0.1) is 0 Å². The minimum absolute atomic E-state index is 0.534. The molecule has 1 aliphatic rings. The predicted octanol–water partition coefficient (Wildman–Crippen LogP) is 3.54. The van der Waals surface area contributed by atoms with E-state index in [2.05, 4.69) is 18.7 Å². The Morgan fingerprint density at radius 1 is 1.41 bits per heavy atom. The zero-order valence-electron chi connectivity index (χ0n) is 10.6. The highest BCUT2D eigenvalue weighted by molar-refractivity contribution is 6.31. The largest absolute Gasteiger partial charge is 0.398 e. The van der Waals surface area contributed by atoms with Gasteiger partial charge in [-0.15, -0.1) is 0 Å². The molecule has 0 bridgehead atoms. The highest BCUT2D eigenvalue weighted by atomic mass is 35.5. The zero-order valence-corrected chi connectivity index (χ0v) is 11.4. The van der Waals surface area contributed by atoms with Gasteiger partial charge in [0.2, 0.25) is 0 Å². The van der Waals surface area contributed by atoms with Crippen LogP contribution in [0.1, 0.15) is 32.3 Å². The van der Waals surface area contributed by atoms with Crippen LogP contribution in [0.3, 0.4) is 0 Å². The molecule has 1 aromatic carbocycles. The van der Waals surface area contributed by atoms with Gasteiger partial charge in [-0.1, -0.05) is 17.7 Å². The molecule has 0 amide bonds. The van der Waals surface area contributed by atoms with Crippen LogP contribution < -0.4 is 5.73 Å². The van der Waals surface area contributed by atoms with Crippen LogP contribution in [0.15, 0.2) is 18.2 Å². The maximum Gasteiger partial charge on any atom is 0.0471 e. The number of hydrogen-bond acceptors (Lipinski definition) is 2. The van der Waals surface area contributed by atoms with E-state index in [1.165, 1.54) is 19.4 Å². The lowest BCUT2D eigenvalue weighted by atomic mass is 10.1. The molecule has 0 unspecified atom stereocenters. The van der Waals surface area contributed by atoms with Crippen molar-refractivity contribution in [3.63, 3.8) is 0 Å². The minimum atomic E-state index is 0.534. The monoisotopic (exact) mass is 252 g/mol. The summed E-state index contributed by atoms with van der Waals surface area (Å²) in [6.45, 7) is 6.49. The van der Waals surface area contributed by atoms with E-state index in [0.29, 0.717) is 6.04 Å². The summed E-state index contributed by atoms with van der Waals surface area (Å²) in [5.41, 5.74) is 7.88. The fourth-order valence-electron chi connectivity index (χ4n) is 2.04. The Morgan fingerprint density at radius 3 is 2.65 bits per heavy atom. The Labute approximate surface area is 109 Å². The first-order chi connectivity index (χ1) is 8.08. The van der Waals surface area contributed by atoms with Gasteiger partial charge in [0.15, 0.2) is 0 Å². The van der Waals surface area contributed by atoms with Crippen LogP contribution in [0.25, 0.3) is 0 Å². The molecule has 0 saturated heterocycles. The van der Waals surface area contributed by atoms with Crippen LogP contribution in [0.5, 0.6) is 0 Å². The second-order valence-corrected chi connectivity index (χ2v) is 5.68. The van der Waals surface area contributed by atoms with Crippen molar-refractivity contribution < 1.29 is 0 Å². The van der Waals surface area contributed by atoms with E-state index >= 15 is 0 Å². The lowest BCUT2D eigenvalue weighted by Gasteiger charge is -2.27. The van der Waals surface area contributed by atoms with Gasteiger partial charge < -0.3 is 5.73 Å². The van der Waals surface area contributed by atoms with Gasteiger partial charge in [0.25, 0.3) is 0 Å². The van der Waals surface area contributed by atoms with Crippen LogP contribution in [-0.4, -0.2) is 17.5 Å². The van der Waals surface area contributed by atoms with Crippen molar-refractivity contribution in [3.8, 4) is 0 Å². The standard InChI is InChI=1S/C14H21ClN2/c1-10(2)17(8-11-6-7-11)9-12-13(15)4-3-5-14(12)16/h3-5,10-11H,6-9,16H2,1-2H3. The predicted molar refractivity (Wildman–Crippen MR) is 74.1 cm³/mol. The summed E-state index contributed by atoms with van der Waals surface area (Å²) in [7, 11) is 0. The molecule has 2 N–H and O–H groups in total. The van der Waals surface area contributed by atoms with Crippen molar-refractivity contribution in [3.05, 3.63) is 28.8 Å². The van der Waals surface area contributed by atoms with Crippen molar-refractivity contribution in [1.82, 2.24) is 4.90 Å². The number of nitrogens with two attached hydrogens (primary N) is 1. The molecule has 1 aromatic rings. The quantitative estimate of drug-likeness (QED) is 0.813. The number of nitrogens with zero attached hydrogens (tertiary/aromatic N) is 1. The average molecular weight is 253 g/mol.